The van der Waals surface area contributed by atoms with Gasteiger partial charge >= 0.3 is 0 Å². The van der Waals surface area contributed by atoms with E-state index in [0.717, 1.165) is 25.9 Å². The van der Waals surface area contributed by atoms with Gasteiger partial charge in [0, 0.05) is 6.20 Å². The summed E-state index contributed by atoms with van der Waals surface area (Å²) in [5.74, 6) is -0.138. The van der Waals surface area contributed by atoms with Gasteiger partial charge in [0.05, 0.1) is 6.07 Å². The lowest BCUT2D eigenvalue weighted by molar-refractivity contribution is 0.147. The van der Waals surface area contributed by atoms with Crippen LogP contribution in [0.1, 0.15) is 18.6 Å². The molecule has 1 saturated heterocycles. The summed E-state index contributed by atoms with van der Waals surface area (Å²) in [7, 11) is 0. The van der Waals surface area contributed by atoms with Gasteiger partial charge < -0.3 is 25.6 Å². The van der Waals surface area contributed by atoms with Crippen molar-refractivity contribution < 1.29 is 9.26 Å². The maximum atomic E-state index is 6.09. The van der Waals surface area contributed by atoms with E-state index < -0.39 is 5.79 Å². The Bertz CT molecular complexity index is 534. The fraction of sp³-hybridized carbons (Fsp3) is 0.500. The van der Waals surface area contributed by atoms with Crippen molar-refractivity contribution in [3.63, 3.8) is 0 Å². The molecule has 0 saturated carbocycles. The second-order valence-electron chi connectivity index (χ2n) is 4.88. The van der Waals surface area contributed by atoms with E-state index in [1.165, 1.54) is 0 Å². The van der Waals surface area contributed by atoms with Crippen LogP contribution in [-0.4, -0.2) is 30.2 Å². The van der Waals surface area contributed by atoms with Gasteiger partial charge in [-0.05, 0) is 37.2 Å². The summed E-state index contributed by atoms with van der Waals surface area (Å²) in [6.07, 6.45) is 5.28. The maximum Gasteiger partial charge on any atom is 0.254 e. The lowest BCUT2D eigenvalue weighted by Gasteiger charge is -2.25. The van der Waals surface area contributed by atoms with Crippen molar-refractivity contribution in [1.29, 1.82) is 0 Å². The second-order valence-corrected chi connectivity index (χ2v) is 4.88. The van der Waals surface area contributed by atoms with E-state index >= 15 is 0 Å². The van der Waals surface area contributed by atoms with Crippen molar-refractivity contribution in [1.82, 2.24) is 15.8 Å². The molecular weight excluding hydrogens is 260 g/mol. The van der Waals surface area contributed by atoms with Crippen molar-refractivity contribution in [2.24, 2.45) is 16.5 Å². The van der Waals surface area contributed by atoms with E-state index in [1.807, 2.05) is 0 Å². The fourth-order valence-corrected chi connectivity index (χ4v) is 2.23. The molecule has 1 aromatic rings. The Hall–Kier alpha value is -2.06. The second kappa shape index (κ2) is 5.14. The summed E-state index contributed by atoms with van der Waals surface area (Å²) >= 11 is 0. The summed E-state index contributed by atoms with van der Waals surface area (Å²) in [5.41, 5.74) is 11.7. The molecule has 3 heterocycles. The molecule has 1 aromatic heterocycles. The highest BCUT2D eigenvalue weighted by atomic mass is 16.5. The molecular formula is C12H18N6O2. The zero-order valence-corrected chi connectivity index (χ0v) is 11.0. The Balaban J connectivity index is 1.71. The smallest absolute Gasteiger partial charge is 0.254 e. The number of hydrogen-bond donors (Lipinski definition) is 4. The first kappa shape index (κ1) is 12.9. The average molecular weight is 278 g/mol. The van der Waals surface area contributed by atoms with Crippen LogP contribution in [0.25, 0.3) is 0 Å². The van der Waals surface area contributed by atoms with Crippen molar-refractivity contribution >= 4 is 5.84 Å². The van der Waals surface area contributed by atoms with Crippen LogP contribution in [0.2, 0.25) is 0 Å². The first-order chi connectivity index (χ1) is 9.66. The summed E-state index contributed by atoms with van der Waals surface area (Å²) in [4.78, 5) is 4.12. The minimum atomic E-state index is -1.23. The largest absolute Gasteiger partial charge is 0.472 e. The summed E-state index contributed by atoms with van der Waals surface area (Å²) < 4.78 is 11.0. The molecule has 0 radical (unpaired) electrons. The number of hydrogen-bond acceptors (Lipinski definition) is 8. The van der Waals surface area contributed by atoms with Gasteiger partial charge in [0.25, 0.3) is 5.88 Å². The molecule has 0 spiro atoms. The number of ether oxygens (including phenoxy) is 1. The van der Waals surface area contributed by atoms with Crippen molar-refractivity contribution in [3.8, 4) is 5.88 Å². The van der Waals surface area contributed by atoms with Crippen LogP contribution in [-0.2, 0) is 5.79 Å². The van der Waals surface area contributed by atoms with Gasteiger partial charge in [0.1, 0.15) is 11.9 Å². The number of amidine groups is 1. The van der Waals surface area contributed by atoms with Crippen LogP contribution in [0.5, 0.6) is 5.88 Å². The van der Waals surface area contributed by atoms with Gasteiger partial charge in [-0.15, -0.1) is 0 Å². The fourth-order valence-electron chi connectivity index (χ4n) is 2.23. The van der Waals surface area contributed by atoms with Gasteiger partial charge in [-0.2, -0.15) is 0 Å². The molecule has 6 N–H and O–H groups in total. The Morgan fingerprint density at radius 2 is 2.20 bits per heavy atom. The quantitative estimate of drug-likeness (QED) is 0.579. The number of aromatic nitrogens is 1. The van der Waals surface area contributed by atoms with Gasteiger partial charge in [-0.25, -0.2) is 4.99 Å². The van der Waals surface area contributed by atoms with Crippen LogP contribution in [0.3, 0.4) is 0 Å². The molecule has 0 aliphatic carbocycles. The summed E-state index contributed by atoms with van der Waals surface area (Å²) in [6.45, 7) is 1.90. The lowest BCUT2D eigenvalue weighted by Crippen LogP contribution is -2.49. The molecule has 2 aliphatic heterocycles. The number of nitrogens with one attached hydrogen (secondary N) is 2. The Morgan fingerprint density at radius 1 is 1.40 bits per heavy atom. The zero-order chi connectivity index (χ0) is 14.0. The number of piperidine rings is 1. The summed E-state index contributed by atoms with van der Waals surface area (Å²) in [6, 6.07) is 1.64. The molecule has 108 valence electrons. The predicted octanol–water partition coefficient (Wildman–Crippen LogP) is -0.651. The number of nitrogens with zero attached hydrogens (tertiary/aromatic N) is 2. The van der Waals surface area contributed by atoms with E-state index in [2.05, 4.69) is 20.8 Å². The molecule has 1 atom stereocenters. The Labute approximate surface area is 116 Å². The average Bonchev–Trinajstić information content (AvgIpc) is 2.89. The zero-order valence-electron chi connectivity index (χ0n) is 11.0. The predicted molar refractivity (Wildman–Crippen MR) is 72.8 cm³/mol. The SMILES string of the molecule is NC1=NC(N)(c2cc(OC3CCNCC3)no2)NC=C1. The van der Waals surface area contributed by atoms with Gasteiger partial charge in [0.15, 0.2) is 0 Å². The molecule has 0 aromatic carbocycles. The van der Waals surface area contributed by atoms with Gasteiger partial charge in [-0.3, -0.25) is 5.73 Å². The van der Waals surface area contributed by atoms with E-state index in [0.29, 0.717) is 17.5 Å². The minimum absolute atomic E-state index is 0.149. The first-order valence-corrected chi connectivity index (χ1v) is 6.59. The summed E-state index contributed by atoms with van der Waals surface area (Å²) in [5, 5.41) is 10.0. The van der Waals surface area contributed by atoms with E-state index in [9.17, 15) is 0 Å². The van der Waals surface area contributed by atoms with Crippen molar-refractivity contribution in [2.75, 3.05) is 13.1 Å². The standard InChI is InChI=1S/C12H18N6O2/c13-10-3-6-16-12(14,17-10)9-7-11(18-20-9)19-8-1-4-15-5-2-8/h3,6-8,15-16H,1-2,4-5,14H2,(H2,13,17). The maximum absolute atomic E-state index is 6.09. The third-order valence-corrected chi connectivity index (χ3v) is 3.30. The highest BCUT2D eigenvalue weighted by Crippen LogP contribution is 2.24. The number of aliphatic imine (C=N–C) groups is 1. The van der Waals surface area contributed by atoms with Crippen LogP contribution in [0.4, 0.5) is 0 Å². The van der Waals surface area contributed by atoms with E-state index in [1.54, 1.807) is 18.3 Å². The topological polar surface area (TPSA) is 124 Å². The number of rotatable bonds is 3. The molecule has 3 rings (SSSR count). The Morgan fingerprint density at radius 3 is 2.95 bits per heavy atom. The third-order valence-electron chi connectivity index (χ3n) is 3.30. The van der Waals surface area contributed by atoms with Crippen LogP contribution < -0.4 is 26.8 Å². The molecule has 1 unspecified atom stereocenters. The highest BCUT2D eigenvalue weighted by Gasteiger charge is 2.33. The van der Waals surface area contributed by atoms with Gasteiger partial charge in [0.2, 0.25) is 11.5 Å². The van der Waals surface area contributed by atoms with Crippen LogP contribution in [0.15, 0.2) is 27.9 Å². The molecule has 8 heteroatoms. The monoisotopic (exact) mass is 278 g/mol. The third kappa shape index (κ3) is 2.61. The normalized spacial score (nSPS) is 26.9. The van der Waals surface area contributed by atoms with E-state index in [4.69, 9.17) is 20.7 Å². The first-order valence-electron chi connectivity index (χ1n) is 6.59. The van der Waals surface area contributed by atoms with Crippen molar-refractivity contribution in [2.45, 2.75) is 24.7 Å². The molecule has 0 amide bonds. The lowest BCUT2D eigenvalue weighted by atomic mass is 10.1. The van der Waals surface area contributed by atoms with Crippen molar-refractivity contribution in [3.05, 3.63) is 24.1 Å². The highest BCUT2D eigenvalue weighted by molar-refractivity contribution is 5.92. The molecule has 20 heavy (non-hydrogen) atoms. The molecule has 2 aliphatic rings. The van der Waals surface area contributed by atoms with Crippen LogP contribution in [0, 0.1) is 0 Å². The number of nitrogens with two attached hydrogens (primary N) is 2. The van der Waals surface area contributed by atoms with E-state index in [-0.39, 0.29) is 6.10 Å². The van der Waals surface area contributed by atoms with Crippen LogP contribution >= 0.6 is 0 Å². The molecule has 8 nitrogen and oxygen atoms in total. The van der Waals surface area contributed by atoms with Gasteiger partial charge in [-0.1, -0.05) is 0 Å². The molecule has 0 bridgehead atoms. The Kier molecular flexibility index (Phi) is 3.33. The molecule has 1 fully saturated rings. The minimum Gasteiger partial charge on any atom is -0.472 e.